The van der Waals surface area contributed by atoms with Crippen molar-refractivity contribution in [2.45, 2.75) is 39.7 Å². The van der Waals surface area contributed by atoms with Crippen LogP contribution in [0.15, 0.2) is 28.5 Å². The van der Waals surface area contributed by atoms with E-state index < -0.39 is 0 Å². The van der Waals surface area contributed by atoms with Crippen LogP contribution in [0.2, 0.25) is 0 Å². The van der Waals surface area contributed by atoms with Crippen molar-refractivity contribution >= 4 is 33.5 Å². The standard InChI is InChI=1S/C21H26N4O2S2/c1-3-5-17-15(4-2)12-18(29-17)20(27)24-8-6-23(7-9-24)14-16-13-19(26)25-10-11-28-21(25)22-16/h10-13H,3-9,14H2,1-2H3. The SMILES string of the molecule is CCCc1sc(C(=O)N2CCN(Cc3cc(=O)n4ccsc4n3)CC2)cc1CC. The number of hydrogen-bond acceptors (Lipinski definition) is 6. The maximum Gasteiger partial charge on any atom is 0.264 e. The molecule has 1 aliphatic rings. The zero-order chi connectivity index (χ0) is 20.4. The summed E-state index contributed by atoms with van der Waals surface area (Å²) in [4.78, 5) is 36.9. The Morgan fingerprint density at radius 3 is 2.69 bits per heavy atom. The van der Waals surface area contributed by atoms with Gasteiger partial charge in [0.1, 0.15) is 0 Å². The summed E-state index contributed by atoms with van der Waals surface area (Å²) in [6.07, 6.45) is 4.89. The second kappa shape index (κ2) is 8.77. The van der Waals surface area contributed by atoms with Gasteiger partial charge in [0, 0.05) is 55.2 Å². The highest BCUT2D eigenvalue weighted by atomic mass is 32.1. The molecule has 1 aliphatic heterocycles. The maximum absolute atomic E-state index is 13.0. The summed E-state index contributed by atoms with van der Waals surface area (Å²) < 4.78 is 1.57. The van der Waals surface area contributed by atoms with Crippen LogP contribution in [0.5, 0.6) is 0 Å². The number of fused-ring (bicyclic) bond motifs is 1. The predicted octanol–water partition coefficient (Wildman–Crippen LogP) is 3.29. The molecule has 29 heavy (non-hydrogen) atoms. The Morgan fingerprint density at radius 2 is 1.97 bits per heavy atom. The third kappa shape index (κ3) is 4.29. The van der Waals surface area contributed by atoms with Crippen molar-refractivity contribution in [3.8, 4) is 0 Å². The largest absolute Gasteiger partial charge is 0.335 e. The number of aryl methyl sites for hydroxylation is 2. The topological polar surface area (TPSA) is 57.9 Å². The molecule has 0 N–H and O–H groups in total. The van der Waals surface area contributed by atoms with Crippen LogP contribution in [-0.4, -0.2) is 51.3 Å². The van der Waals surface area contributed by atoms with Crippen molar-refractivity contribution in [3.63, 3.8) is 0 Å². The lowest BCUT2D eigenvalue weighted by Gasteiger charge is -2.34. The minimum atomic E-state index is -0.0348. The number of rotatable bonds is 6. The lowest BCUT2D eigenvalue weighted by molar-refractivity contribution is 0.0632. The molecule has 4 heterocycles. The van der Waals surface area contributed by atoms with Gasteiger partial charge in [0.25, 0.3) is 11.5 Å². The van der Waals surface area contributed by atoms with E-state index >= 15 is 0 Å². The van der Waals surface area contributed by atoms with E-state index in [1.54, 1.807) is 28.0 Å². The number of piperazine rings is 1. The quantitative estimate of drug-likeness (QED) is 0.602. The first-order valence-electron chi connectivity index (χ1n) is 10.2. The molecule has 0 spiro atoms. The molecule has 1 amide bonds. The molecule has 0 radical (unpaired) electrons. The molecule has 3 aromatic rings. The zero-order valence-corrected chi connectivity index (χ0v) is 18.5. The highest BCUT2D eigenvalue weighted by Crippen LogP contribution is 2.26. The Labute approximate surface area is 178 Å². The van der Waals surface area contributed by atoms with Crippen molar-refractivity contribution in [2.75, 3.05) is 26.2 Å². The first kappa shape index (κ1) is 20.3. The molecule has 0 saturated carbocycles. The Hall–Kier alpha value is -2.03. The van der Waals surface area contributed by atoms with E-state index in [0.717, 1.165) is 47.9 Å². The highest BCUT2D eigenvalue weighted by Gasteiger charge is 2.24. The highest BCUT2D eigenvalue weighted by molar-refractivity contribution is 7.15. The molecule has 0 bridgehead atoms. The summed E-state index contributed by atoms with van der Waals surface area (Å²) in [5, 5.41) is 1.87. The van der Waals surface area contributed by atoms with Gasteiger partial charge in [-0.3, -0.25) is 18.9 Å². The van der Waals surface area contributed by atoms with Crippen molar-refractivity contribution in [3.05, 3.63) is 55.1 Å². The van der Waals surface area contributed by atoms with Crippen molar-refractivity contribution < 1.29 is 4.79 Å². The summed E-state index contributed by atoms with van der Waals surface area (Å²) >= 11 is 3.14. The second-order valence-corrected chi connectivity index (χ2v) is 9.38. The third-order valence-corrected chi connectivity index (χ3v) is 7.35. The minimum Gasteiger partial charge on any atom is -0.335 e. The lowest BCUT2D eigenvalue weighted by atomic mass is 10.1. The smallest absolute Gasteiger partial charge is 0.264 e. The second-order valence-electron chi connectivity index (χ2n) is 7.37. The monoisotopic (exact) mass is 430 g/mol. The summed E-state index contributed by atoms with van der Waals surface area (Å²) in [6, 6.07) is 3.71. The fraction of sp³-hybridized carbons (Fsp3) is 0.476. The number of carbonyl (C=O) groups excluding carboxylic acids is 1. The van der Waals surface area contributed by atoms with Gasteiger partial charge in [-0.25, -0.2) is 4.98 Å². The Morgan fingerprint density at radius 1 is 1.17 bits per heavy atom. The molecule has 1 fully saturated rings. The van der Waals surface area contributed by atoms with Crippen molar-refractivity contribution in [1.29, 1.82) is 0 Å². The van der Waals surface area contributed by atoms with Gasteiger partial charge >= 0.3 is 0 Å². The van der Waals surface area contributed by atoms with E-state index in [1.165, 1.54) is 21.8 Å². The fourth-order valence-electron chi connectivity index (χ4n) is 3.77. The Balaban J connectivity index is 1.38. The molecule has 0 aromatic carbocycles. The Bertz CT molecular complexity index is 1060. The van der Waals surface area contributed by atoms with E-state index in [2.05, 4.69) is 29.8 Å². The normalized spacial score (nSPS) is 15.3. The van der Waals surface area contributed by atoms with Crippen molar-refractivity contribution in [1.82, 2.24) is 19.2 Å². The number of hydrogen-bond donors (Lipinski definition) is 0. The third-order valence-electron chi connectivity index (χ3n) is 5.37. The van der Waals surface area contributed by atoms with E-state index in [4.69, 9.17) is 0 Å². The average molecular weight is 431 g/mol. The first-order chi connectivity index (χ1) is 14.1. The summed E-state index contributed by atoms with van der Waals surface area (Å²) in [5.41, 5.74) is 2.08. The lowest BCUT2D eigenvalue weighted by Crippen LogP contribution is -2.48. The van der Waals surface area contributed by atoms with Crippen LogP contribution in [0.1, 0.15) is 46.1 Å². The molecule has 1 saturated heterocycles. The van der Waals surface area contributed by atoms with Gasteiger partial charge < -0.3 is 4.90 Å². The van der Waals surface area contributed by atoms with Gasteiger partial charge in [0.15, 0.2) is 4.96 Å². The van der Waals surface area contributed by atoms with Gasteiger partial charge in [-0.15, -0.1) is 22.7 Å². The van der Waals surface area contributed by atoms with Crippen LogP contribution < -0.4 is 5.56 Å². The van der Waals surface area contributed by atoms with Crippen LogP contribution in [0, 0.1) is 0 Å². The predicted molar refractivity (Wildman–Crippen MR) is 118 cm³/mol. The minimum absolute atomic E-state index is 0.0348. The van der Waals surface area contributed by atoms with Crippen LogP contribution in [0.4, 0.5) is 0 Å². The zero-order valence-electron chi connectivity index (χ0n) is 16.9. The number of aromatic nitrogens is 2. The molecular weight excluding hydrogens is 404 g/mol. The number of thiazole rings is 1. The molecule has 0 atom stereocenters. The van der Waals surface area contributed by atoms with Gasteiger partial charge in [0.2, 0.25) is 0 Å². The Kier molecular flexibility index (Phi) is 6.12. The summed E-state index contributed by atoms with van der Waals surface area (Å²) in [7, 11) is 0. The molecule has 8 heteroatoms. The molecule has 154 valence electrons. The number of nitrogens with zero attached hydrogens (tertiary/aromatic N) is 4. The van der Waals surface area contributed by atoms with Crippen LogP contribution >= 0.6 is 22.7 Å². The van der Waals surface area contributed by atoms with Gasteiger partial charge in [-0.2, -0.15) is 0 Å². The van der Waals surface area contributed by atoms with Gasteiger partial charge in [-0.05, 0) is 24.5 Å². The molecule has 0 unspecified atom stereocenters. The first-order valence-corrected chi connectivity index (χ1v) is 11.9. The van der Waals surface area contributed by atoms with Crippen molar-refractivity contribution in [2.24, 2.45) is 0 Å². The number of amides is 1. The molecular formula is C21H26N4O2S2. The van der Waals surface area contributed by atoms with Crippen LogP contribution in [0.3, 0.4) is 0 Å². The van der Waals surface area contributed by atoms with Crippen LogP contribution in [0.25, 0.3) is 4.96 Å². The van der Waals surface area contributed by atoms with E-state index in [9.17, 15) is 9.59 Å². The van der Waals surface area contributed by atoms with E-state index in [0.29, 0.717) is 19.6 Å². The fourth-order valence-corrected chi connectivity index (χ4v) is 5.83. The number of carbonyl (C=O) groups is 1. The summed E-state index contributed by atoms with van der Waals surface area (Å²) in [6.45, 7) is 7.99. The average Bonchev–Trinajstić information content (AvgIpc) is 3.35. The van der Waals surface area contributed by atoms with E-state index in [1.807, 2.05) is 10.3 Å². The molecule has 0 aliphatic carbocycles. The maximum atomic E-state index is 13.0. The van der Waals surface area contributed by atoms with Crippen LogP contribution in [-0.2, 0) is 19.4 Å². The molecule has 4 rings (SSSR count). The number of thiophene rings is 1. The van der Waals surface area contributed by atoms with Gasteiger partial charge in [-0.1, -0.05) is 20.3 Å². The van der Waals surface area contributed by atoms with Gasteiger partial charge in [0.05, 0.1) is 10.6 Å². The van der Waals surface area contributed by atoms with E-state index in [-0.39, 0.29) is 11.5 Å². The molecule has 6 nitrogen and oxygen atoms in total. The summed E-state index contributed by atoms with van der Waals surface area (Å²) in [5.74, 6) is 0.156. The molecule has 3 aromatic heterocycles.